The van der Waals surface area contributed by atoms with Gasteiger partial charge in [-0.1, -0.05) is 27.7 Å². The molecule has 0 amide bonds. The molecule has 13 heavy (non-hydrogen) atoms. The van der Waals surface area contributed by atoms with Crippen LogP contribution in [0.4, 0.5) is 0 Å². The summed E-state index contributed by atoms with van der Waals surface area (Å²) in [6.45, 7) is 8.41. The Morgan fingerprint density at radius 2 is 1.77 bits per heavy atom. The molecule has 1 aliphatic rings. The Hall–Kier alpha value is -0.370. The summed E-state index contributed by atoms with van der Waals surface area (Å²) in [5.41, 5.74) is 5.89. The molecule has 0 spiro atoms. The summed E-state index contributed by atoms with van der Waals surface area (Å²) in [5, 5.41) is 0. The predicted octanol–water partition coefficient (Wildman–Crippen LogP) is 2.12. The Morgan fingerprint density at radius 1 is 1.23 bits per heavy atom. The van der Waals surface area contributed by atoms with Gasteiger partial charge in [-0.25, -0.2) is 0 Å². The number of carbonyl (C=O) groups excluding carboxylic acids is 1. The van der Waals surface area contributed by atoms with E-state index in [1.807, 2.05) is 13.8 Å². The highest BCUT2D eigenvalue weighted by atomic mass is 16.1. The largest absolute Gasteiger partial charge is 0.321 e. The van der Waals surface area contributed by atoms with Crippen molar-refractivity contribution in [2.75, 3.05) is 0 Å². The summed E-state index contributed by atoms with van der Waals surface area (Å²) in [6.07, 6.45) is 2.89. The van der Waals surface area contributed by atoms with Crippen molar-refractivity contribution in [1.29, 1.82) is 0 Å². The lowest BCUT2D eigenvalue weighted by Crippen LogP contribution is -2.39. The zero-order chi connectivity index (χ0) is 10.3. The van der Waals surface area contributed by atoms with E-state index in [0.29, 0.717) is 0 Å². The smallest absolute Gasteiger partial charge is 0.155 e. The van der Waals surface area contributed by atoms with E-state index in [4.69, 9.17) is 5.73 Å². The van der Waals surface area contributed by atoms with Gasteiger partial charge in [-0.15, -0.1) is 0 Å². The summed E-state index contributed by atoms with van der Waals surface area (Å²) in [4.78, 5) is 11.8. The number of nitrogens with two attached hydrogens (primary N) is 1. The first-order valence-electron chi connectivity index (χ1n) is 5.05. The molecule has 2 nitrogen and oxygen atoms in total. The molecular formula is C11H21NO. The Balaban J connectivity index is 2.87. The van der Waals surface area contributed by atoms with Crippen LogP contribution in [0.25, 0.3) is 0 Å². The van der Waals surface area contributed by atoms with Crippen LogP contribution in [0.2, 0.25) is 0 Å². The minimum absolute atomic E-state index is 0.215. The highest BCUT2D eigenvalue weighted by molar-refractivity contribution is 5.89. The fourth-order valence-corrected chi connectivity index (χ4v) is 2.07. The average molecular weight is 183 g/mol. The van der Waals surface area contributed by atoms with Gasteiger partial charge in [0.25, 0.3) is 0 Å². The highest BCUT2D eigenvalue weighted by Gasteiger charge is 2.39. The normalized spacial score (nSPS) is 32.7. The second-order valence-electron chi connectivity index (χ2n) is 5.72. The van der Waals surface area contributed by atoms with Crippen LogP contribution < -0.4 is 5.73 Å². The van der Waals surface area contributed by atoms with Gasteiger partial charge in [0.1, 0.15) is 0 Å². The molecule has 0 aromatic heterocycles. The minimum Gasteiger partial charge on any atom is -0.321 e. The molecule has 2 N–H and O–H groups in total. The first-order chi connectivity index (χ1) is 5.75. The second-order valence-corrected chi connectivity index (χ2v) is 5.72. The van der Waals surface area contributed by atoms with Crippen molar-refractivity contribution >= 4 is 5.78 Å². The highest BCUT2D eigenvalue weighted by Crippen LogP contribution is 2.39. The standard InChI is InChI=1S/C11H21NO/c1-10(2)5-6-11(3,4)9(13)8(12)7-10/h8H,5-7,12H2,1-4H3. The molecule has 1 rings (SSSR count). The maximum atomic E-state index is 11.8. The van der Waals surface area contributed by atoms with Crippen LogP contribution in [-0.4, -0.2) is 11.8 Å². The molecule has 0 saturated heterocycles. The van der Waals surface area contributed by atoms with Crippen molar-refractivity contribution in [1.82, 2.24) is 0 Å². The van der Waals surface area contributed by atoms with E-state index in [9.17, 15) is 4.79 Å². The van der Waals surface area contributed by atoms with Crippen molar-refractivity contribution in [2.24, 2.45) is 16.6 Å². The van der Waals surface area contributed by atoms with Crippen molar-refractivity contribution in [2.45, 2.75) is 53.0 Å². The number of hydrogen-bond donors (Lipinski definition) is 1. The van der Waals surface area contributed by atoms with Crippen LogP contribution in [0.1, 0.15) is 47.0 Å². The second kappa shape index (κ2) is 3.09. The fourth-order valence-electron chi connectivity index (χ4n) is 2.07. The molecule has 1 unspecified atom stereocenters. The first-order valence-corrected chi connectivity index (χ1v) is 5.05. The molecule has 1 fully saturated rings. The molecule has 0 heterocycles. The van der Waals surface area contributed by atoms with E-state index in [0.717, 1.165) is 19.3 Å². The van der Waals surface area contributed by atoms with Crippen molar-refractivity contribution in [3.63, 3.8) is 0 Å². The van der Waals surface area contributed by atoms with Crippen LogP contribution in [0.3, 0.4) is 0 Å². The van der Waals surface area contributed by atoms with Crippen molar-refractivity contribution in [3.8, 4) is 0 Å². The fraction of sp³-hybridized carbons (Fsp3) is 0.909. The Morgan fingerprint density at radius 3 is 2.31 bits per heavy atom. The predicted molar refractivity (Wildman–Crippen MR) is 54.4 cm³/mol. The topological polar surface area (TPSA) is 43.1 Å². The third-order valence-electron chi connectivity index (χ3n) is 3.20. The van der Waals surface area contributed by atoms with E-state index < -0.39 is 0 Å². The van der Waals surface area contributed by atoms with Gasteiger partial charge in [0.05, 0.1) is 6.04 Å². The number of hydrogen-bond acceptors (Lipinski definition) is 2. The lowest BCUT2D eigenvalue weighted by molar-refractivity contribution is -0.128. The number of rotatable bonds is 0. The Bertz CT molecular complexity index is 218. The summed E-state index contributed by atoms with van der Waals surface area (Å²) in [5.74, 6) is 0.234. The molecule has 2 heteroatoms. The maximum absolute atomic E-state index is 11.8. The van der Waals surface area contributed by atoms with E-state index >= 15 is 0 Å². The Kier molecular flexibility index (Phi) is 2.54. The average Bonchev–Trinajstić information content (AvgIpc) is 2.03. The van der Waals surface area contributed by atoms with Gasteiger partial charge in [-0.3, -0.25) is 4.79 Å². The molecule has 1 aliphatic carbocycles. The molecule has 0 bridgehead atoms. The molecule has 0 radical (unpaired) electrons. The molecule has 1 atom stereocenters. The van der Waals surface area contributed by atoms with Gasteiger partial charge in [0.15, 0.2) is 5.78 Å². The van der Waals surface area contributed by atoms with Crippen molar-refractivity contribution < 1.29 is 4.79 Å². The monoisotopic (exact) mass is 183 g/mol. The van der Waals surface area contributed by atoms with Gasteiger partial charge >= 0.3 is 0 Å². The van der Waals surface area contributed by atoms with Crippen LogP contribution in [0.5, 0.6) is 0 Å². The lowest BCUT2D eigenvalue weighted by Gasteiger charge is -2.23. The number of ketones is 1. The van der Waals surface area contributed by atoms with E-state index in [1.54, 1.807) is 0 Å². The maximum Gasteiger partial charge on any atom is 0.155 e. The molecule has 76 valence electrons. The SMILES string of the molecule is CC1(C)CCC(C)(C)C(=O)C(N)C1. The summed E-state index contributed by atoms with van der Waals surface area (Å²) >= 11 is 0. The van der Waals surface area contributed by atoms with Gasteiger partial charge in [-0.05, 0) is 24.7 Å². The first kappa shape index (κ1) is 10.7. The van der Waals surface area contributed by atoms with E-state index in [-0.39, 0.29) is 22.7 Å². The number of Topliss-reactive ketones (excluding diaryl/α,β-unsaturated/α-hetero) is 1. The van der Waals surface area contributed by atoms with Crippen LogP contribution in [0.15, 0.2) is 0 Å². The third-order valence-corrected chi connectivity index (χ3v) is 3.20. The summed E-state index contributed by atoms with van der Waals surface area (Å²) in [7, 11) is 0. The molecule has 0 aromatic rings. The zero-order valence-electron chi connectivity index (χ0n) is 9.18. The minimum atomic E-state index is -0.257. The quantitative estimate of drug-likeness (QED) is 0.584. The molecular weight excluding hydrogens is 162 g/mol. The van der Waals surface area contributed by atoms with Crippen molar-refractivity contribution in [3.05, 3.63) is 0 Å². The van der Waals surface area contributed by atoms with Crippen LogP contribution in [-0.2, 0) is 4.79 Å². The van der Waals surface area contributed by atoms with Gasteiger partial charge < -0.3 is 5.73 Å². The lowest BCUT2D eigenvalue weighted by atomic mass is 9.81. The van der Waals surface area contributed by atoms with Gasteiger partial charge in [-0.2, -0.15) is 0 Å². The zero-order valence-corrected chi connectivity index (χ0v) is 9.18. The molecule has 0 aliphatic heterocycles. The summed E-state index contributed by atoms with van der Waals surface area (Å²) in [6, 6.07) is -0.257. The Labute approximate surface area is 80.9 Å². The van der Waals surface area contributed by atoms with E-state index in [1.165, 1.54) is 0 Å². The number of carbonyl (C=O) groups is 1. The van der Waals surface area contributed by atoms with Crippen LogP contribution in [0, 0.1) is 10.8 Å². The molecule has 0 aromatic carbocycles. The van der Waals surface area contributed by atoms with Crippen LogP contribution >= 0.6 is 0 Å². The third kappa shape index (κ3) is 2.31. The van der Waals surface area contributed by atoms with E-state index in [2.05, 4.69) is 13.8 Å². The summed E-state index contributed by atoms with van der Waals surface area (Å²) < 4.78 is 0. The van der Waals surface area contributed by atoms with Gasteiger partial charge in [0.2, 0.25) is 0 Å². The van der Waals surface area contributed by atoms with Gasteiger partial charge in [0, 0.05) is 5.41 Å². The molecule has 1 saturated carbocycles.